The van der Waals surface area contributed by atoms with Gasteiger partial charge in [-0.25, -0.2) is 15.0 Å². The number of anilines is 3. The first-order valence-electron chi connectivity index (χ1n) is 18.9. The number of halogens is 6. The number of ether oxygens (including phenoxy) is 2. The molecular formula is C42H42Br2Cl3FK2N6O7P2. The molecule has 23 heteroatoms. The molecule has 2 aliphatic heterocycles. The largest absolute Gasteiger partial charge is 1.00 e. The van der Waals surface area contributed by atoms with Crippen LogP contribution in [0.15, 0.2) is 94.1 Å². The molecule has 0 radical (unpaired) electrons. The maximum atomic E-state index is 13.1. The number of carbonyl (C=O) groups is 1. The number of nitrogen functional groups attached to an aromatic ring is 1. The van der Waals surface area contributed by atoms with E-state index in [-0.39, 0.29) is 121 Å². The summed E-state index contributed by atoms with van der Waals surface area (Å²) in [5.41, 5.74) is 16.5. The van der Waals surface area contributed by atoms with Crippen molar-refractivity contribution in [2.45, 2.75) is 26.4 Å². The van der Waals surface area contributed by atoms with E-state index in [0.29, 0.717) is 52.0 Å². The number of hydrogen-bond donors (Lipinski definition) is 2. The van der Waals surface area contributed by atoms with Gasteiger partial charge in [-0.05, 0) is 150 Å². The molecule has 13 nitrogen and oxygen atoms in total. The van der Waals surface area contributed by atoms with Crippen molar-refractivity contribution in [2.75, 3.05) is 44.9 Å². The molecule has 6 aromatic rings. The molecule has 4 heterocycles. The summed E-state index contributed by atoms with van der Waals surface area (Å²) in [5, 5.41) is 13.8. The van der Waals surface area contributed by atoms with Gasteiger partial charge in [0.1, 0.15) is 25.3 Å². The second-order valence-corrected chi connectivity index (χ2v) is 23.1. The van der Waals surface area contributed by atoms with Crippen molar-refractivity contribution in [3.8, 4) is 22.3 Å². The fraction of sp³-hybridized carbons (Fsp3) is 0.214. The summed E-state index contributed by atoms with van der Waals surface area (Å²) in [6.45, 7) is 9.39. The minimum Gasteiger partial charge on any atom is -1.00 e. The minimum atomic E-state index is -2.57. The molecule has 65 heavy (non-hydrogen) atoms. The molecule has 0 spiro atoms. The monoisotopic (exact) mass is 1160 g/mol. The van der Waals surface area contributed by atoms with Gasteiger partial charge in [0.2, 0.25) is 10.6 Å². The fourth-order valence-electron chi connectivity index (χ4n) is 6.26. The molecule has 3 N–H and O–H groups in total. The van der Waals surface area contributed by atoms with Crippen LogP contribution in [0.25, 0.3) is 22.3 Å². The number of aromatic nitrogens is 4. The van der Waals surface area contributed by atoms with Crippen molar-refractivity contribution in [1.82, 2.24) is 19.9 Å². The molecule has 0 atom stereocenters. The standard InChI is InChI=1S/C20H18BrClN3O2P.C16H18NO2P.C4HBrCl2N2.CH3F.CH2O3.2K.H/c1-28(2,26)18-8-12(14-5-3-4-13-10-27-11-15(13)14)6-7-17(18)24-19-16(21)9-23-20(22)25-19;1-20(2,18)16-8-11(6-7-15(16)17)13-5-3-4-12-9-19-10-14(12)13;5-2-1-8-4(7)9-3(2)6;1-2;2-1-4-3;;;/h3-9H,10-11H2,1-2H3,(H,23,24,25);3-8H,9-10,17H2,1-2H3;1H;1H3;1,3H;;;/q;;;;;2*+1;-1/p-1/i;;;1D;;;;. The summed E-state index contributed by atoms with van der Waals surface area (Å²) in [4.78, 5) is 26.7. The van der Waals surface area contributed by atoms with Crippen LogP contribution in [0.4, 0.5) is 21.6 Å². The van der Waals surface area contributed by atoms with Crippen LogP contribution < -0.4 is 130 Å². The number of benzene rings is 4. The van der Waals surface area contributed by atoms with Crippen LogP contribution in [0.3, 0.4) is 0 Å². The predicted octanol–water partition coefficient (Wildman–Crippen LogP) is 4.48. The normalized spacial score (nSPS) is 12.1. The average Bonchev–Trinajstić information content (AvgIpc) is 3.95. The van der Waals surface area contributed by atoms with Gasteiger partial charge in [-0.15, -0.1) is 0 Å². The molecule has 4 aromatic carbocycles. The van der Waals surface area contributed by atoms with E-state index in [1.165, 1.54) is 28.5 Å². The predicted molar refractivity (Wildman–Crippen MR) is 256 cm³/mol. The van der Waals surface area contributed by atoms with Crippen molar-refractivity contribution in [1.29, 1.82) is 0 Å². The van der Waals surface area contributed by atoms with E-state index >= 15 is 0 Å². The van der Waals surface area contributed by atoms with Gasteiger partial charge in [0.25, 0.3) is 6.47 Å². The third-order valence-corrected chi connectivity index (χ3v) is 14.2. The van der Waals surface area contributed by atoms with Crippen molar-refractivity contribution < 1.29 is 144 Å². The van der Waals surface area contributed by atoms with Gasteiger partial charge in [-0.3, -0.25) is 9.18 Å². The quantitative estimate of drug-likeness (QED) is 0.0333. The van der Waals surface area contributed by atoms with Gasteiger partial charge >= 0.3 is 103 Å². The number of nitrogens with two attached hydrogens (primary N) is 1. The first-order valence-corrected chi connectivity index (χ1v) is 26.1. The van der Waals surface area contributed by atoms with E-state index < -0.39 is 21.4 Å². The Morgan fingerprint density at radius 3 is 1.72 bits per heavy atom. The average molecular weight is 1170 g/mol. The van der Waals surface area contributed by atoms with Crippen molar-refractivity contribution >= 4 is 115 Å². The Bertz CT molecular complexity index is 2700. The second kappa shape index (κ2) is 29.0. The van der Waals surface area contributed by atoms with E-state index in [2.05, 4.69) is 86.3 Å². The smallest absolute Gasteiger partial charge is 1.00 e. The van der Waals surface area contributed by atoms with Gasteiger partial charge < -0.3 is 41.2 Å². The van der Waals surface area contributed by atoms with Crippen molar-refractivity contribution in [3.05, 3.63) is 132 Å². The number of fused-ring (bicyclic) bond motifs is 2. The molecule has 0 saturated carbocycles. The number of nitrogens with one attached hydrogen (secondary N) is 1. The maximum absolute atomic E-state index is 13.1. The Labute approximate surface area is 496 Å². The van der Waals surface area contributed by atoms with Crippen LogP contribution in [-0.2, 0) is 54.7 Å². The molecule has 2 aromatic heterocycles. The zero-order chi connectivity index (χ0) is 47.2. The molecule has 0 aliphatic carbocycles. The van der Waals surface area contributed by atoms with Gasteiger partial charge in [0, 0.05) is 28.7 Å². The van der Waals surface area contributed by atoms with E-state index in [1.807, 2.05) is 48.5 Å². The molecular weight excluding hydrogens is 1130 g/mol. The summed E-state index contributed by atoms with van der Waals surface area (Å²) in [6, 6.07) is 24.2. The Morgan fingerprint density at radius 1 is 0.800 bits per heavy atom. The summed E-state index contributed by atoms with van der Waals surface area (Å²) < 4.78 is 53.4. The second-order valence-electron chi connectivity index (χ2n) is 14.0. The Morgan fingerprint density at radius 2 is 1.26 bits per heavy atom. The number of alkyl halides is 1. The topological polar surface area (TPSA) is 192 Å². The SMILES string of the molecule is CP(C)(=O)c1cc(-c2cccc3c2COC3)ccc1N.CP(C)(=O)c1cc(-c2cccc3c2COC3)ccc1Nc1nc(Cl)ncc1Br.Clc1ncc(Br)c(Cl)n1.O=CO[O-].[2H]CF.[H-].[K+].[K+]. The van der Waals surface area contributed by atoms with Crippen LogP contribution in [0.5, 0.6) is 0 Å². The summed E-state index contributed by atoms with van der Waals surface area (Å²) >= 11 is 23.4. The molecule has 0 saturated heterocycles. The van der Waals surface area contributed by atoms with Gasteiger partial charge in [0.05, 0.1) is 49.6 Å². The third-order valence-electron chi connectivity index (χ3n) is 9.04. The first-order chi connectivity index (χ1) is 30.3. The number of rotatable bonds is 7. The van der Waals surface area contributed by atoms with Crippen LogP contribution in [0.2, 0.25) is 15.7 Å². The molecule has 2 aliphatic rings. The van der Waals surface area contributed by atoms with Crippen LogP contribution in [-0.4, -0.2) is 60.2 Å². The van der Waals surface area contributed by atoms with Gasteiger partial charge in [-0.1, -0.05) is 60.1 Å². The first kappa shape index (κ1) is 58.8. The maximum Gasteiger partial charge on any atom is 1.00 e. The number of carbonyl (C=O) groups excluding carboxylic acids is 1. The molecule has 0 amide bonds. The van der Waals surface area contributed by atoms with E-state index in [1.54, 1.807) is 32.9 Å². The number of nitrogens with zero attached hydrogens (tertiary/aromatic N) is 4. The molecule has 0 bridgehead atoms. The van der Waals surface area contributed by atoms with E-state index in [0.717, 1.165) is 38.6 Å². The van der Waals surface area contributed by atoms with E-state index in [9.17, 15) is 13.5 Å². The summed E-state index contributed by atoms with van der Waals surface area (Å²) in [7, 11) is -5.95. The van der Waals surface area contributed by atoms with Crippen molar-refractivity contribution in [2.24, 2.45) is 0 Å². The summed E-state index contributed by atoms with van der Waals surface area (Å²) in [6.07, 6.45) is 3.08. The molecule has 336 valence electrons. The van der Waals surface area contributed by atoms with E-state index in [4.69, 9.17) is 61.4 Å². The minimum absolute atomic E-state index is 0. The third kappa shape index (κ3) is 17.7. The fourth-order valence-corrected chi connectivity index (χ4v) is 9.49. The molecule has 8 rings (SSSR count). The van der Waals surface area contributed by atoms with Crippen LogP contribution >= 0.6 is 80.9 Å². The van der Waals surface area contributed by atoms with Crippen LogP contribution in [0.1, 0.15) is 25.1 Å². The Kier molecular flexibility index (Phi) is 26.2. The van der Waals surface area contributed by atoms with Gasteiger partial charge in [-0.2, -0.15) is 4.98 Å². The Balaban J connectivity index is 0.000000501. The Hall–Kier alpha value is -0.517. The summed E-state index contributed by atoms with van der Waals surface area (Å²) in [5.74, 6) is 0.524. The zero-order valence-corrected chi connectivity index (χ0v) is 49.6. The zero-order valence-electron chi connectivity index (χ0n) is 38.1. The van der Waals surface area contributed by atoms with Gasteiger partial charge in [0.15, 0.2) is 0 Å². The van der Waals surface area contributed by atoms with Crippen molar-refractivity contribution in [3.63, 3.8) is 0 Å². The van der Waals surface area contributed by atoms with Crippen LogP contribution in [0, 0.1) is 0 Å². The molecule has 0 fully saturated rings. The number of hydrogen-bond acceptors (Lipinski definition) is 13. The molecule has 0 unspecified atom stereocenters.